The third-order valence-corrected chi connectivity index (χ3v) is 2.76. The first-order chi connectivity index (χ1) is 10.1. The Morgan fingerprint density at radius 1 is 1.24 bits per heavy atom. The third kappa shape index (κ3) is 4.60. The molecule has 1 heterocycles. The maximum absolute atomic E-state index is 11.9. The van der Waals surface area contributed by atoms with Crippen molar-refractivity contribution in [2.75, 3.05) is 11.9 Å². The Morgan fingerprint density at radius 2 is 2.00 bits per heavy atom. The van der Waals surface area contributed by atoms with Crippen molar-refractivity contribution < 1.29 is 9.59 Å². The molecule has 110 valence electrons. The summed E-state index contributed by atoms with van der Waals surface area (Å²) in [6.45, 7) is 0.542. The van der Waals surface area contributed by atoms with Gasteiger partial charge in [-0.1, -0.05) is 0 Å². The van der Waals surface area contributed by atoms with E-state index in [4.69, 9.17) is 5.73 Å². The van der Waals surface area contributed by atoms with Crippen LogP contribution in [0.1, 0.15) is 22.6 Å². The summed E-state index contributed by atoms with van der Waals surface area (Å²) in [5.41, 5.74) is 6.07. The van der Waals surface area contributed by atoms with Crippen LogP contribution in [-0.2, 0) is 6.42 Å². The van der Waals surface area contributed by atoms with Gasteiger partial charge in [-0.25, -0.2) is 9.78 Å². The number of benzene rings is 1. The van der Waals surface area contributed by atoms with Gasteiger partial charge in [0, 0.05) is 24.2 Å². The van der Waals surface area contributed by atoms with Gasteiger partial charge in [0.25, 0.3) is 5.91 Å². The molecule has 8 heteroatoms. The van der Waals surface area contributed by atoms with E-state index in [1.54, 1.807) is 24.3 Å². The normalized spacial score (nSPS) is 10.1. The number of nitrogens with two attached hydrogens (primary N) is 1. The van der Waals surface area contributed by atoms with Gasteiger partial charge in [0.05, 0.1) is 0 Å². The second-order valence-corrected chi connectivity index (χ2v) is 4.36. The highest BCUT2D eigenvalue weighted by Crippen LogP contribution is 2.09. The summed E-state index contributed by atoms with van der Waals surface area (Å²) < 4.78 is 0. The van der Waals surface area contributed by atoms with Crippen LogP contribution in [0.3, 0.4) is 0 Å². The molecule has 0 aliphatic heterocycles. The van der Waals surface area contributed by atoms with Gasteiger partial charge in [-0.15, -0.1) is 0 Å². The average molecular weight is 288 g/mol. The number of rotatable bonds is 6. The van der Waals surface area contributed by atoms with Crippen LogP contribution in [0.5, 0.6) is 0 Å². The van der Waals surface area contributed by atoms with Crippen molar-refractivity contribution in [1.82, 2.24) is 20.5 Å². The summed E-state index contributed by atoms with van der Waals surface area (Å²) in [7, 11) is 0. The van der Waals surface area contributed by atoms with Crippen molar-refractivity contribution in [3.63, 3.8) is 0 Å². The molecule has 1 aromatic heterocycles. The van der Waals surface area contributed by atoms with Gasteiger partial charge in [0.2, 0.25) is 0 Å². The second-order valence-electron chi connectivity index (χ2n) is 4.36. The highest BCUT2D eigenvalue weighted by atomic mass is 16.2. The van der Waals surface area contributed by atoms with Crippen LogP contribution in [0.2, 0.25) is 0 Å². The van der Waals surface area contributed by atoms with Crippen molar-refractivity contribution >= 4 is 17.6 Å². The molecule has 2 rings (SSSR count). The number of hydrogen-bond donors (Lipinski definition) is 4. The summed E-state index contributed by atoms with van der Waals surface area (Å²) in [6.07, 6.45) is 2.94. The van der Waals surface area contributed by atoms with E-state index in [1.807, 2.05) is 0 Å². The van der Waals surface area contributed by atoms with E-state index in [0.717, 1.165) is 18.7 Å². The van der Waals surface area contributed by atoms with Crippen LogP contribution in [-0.4, -0.2) is 33.7 Å². The molecule has 0 unspecified atom stereocenters. The molecule has 1 aromatic carbocycles. The number of urea groups is 1. The van der Waals surface area contributed by atoms with Gasteiger partial charge in [0.1, 0.15) is 12.2 Å². The molecule has 0 saturated heterocycles. The first-order valence-electron chi connectivity index (χ1n) is 6.44. The Bertz CT molecular complexity index is 594. The zero-order chi connectivity index (χ0) is 15.1. The lowest BCUT2D eigenvalue weighted by Gasteiger charge is -2.06. The number of carbonyl (C=O) groups is 2. The Hall–Kier alpha value is -2.90. The smallest absolute Gasteiger partial charge is 0.316 e. The largest absolute Gasteiger partial charge is 0.352 e. The van der Waals surface area contributed by atoms with Gasteiger partial charge >= 0.3 is 6.03 Å². The van der Waals surface area contributed by atoms with Crippen LogP contribution in [0, 0.1) is 0 Å². The van der Waals surface area contributed by atoms with Gasteiger partial charge in [-0.3, -0.25) is 9.89 Å². The first-order valence-corrected chi connectivity index (χ1v) is 6.44. The lowest BCUT2D eigenvalue weighted by Crippen LogP contribution is -2.25. The molecule has 0 aliphatic rings. The summed E-state index contributed by atoms with van der Waals surface area (Å²) >= 11 is 0. The van der Waals surface area contributed by atoms with Gasteiger partial charge in [-0.05, 0) is 30.7 Å². The molecule has 0 radical (unpaired) electrons. The Kier molecular flexibility index (Phi) is 4.86. The van der Waals surface area contributed by atoms with Crippen LogP contribution < -0.4 is 16.4 Å². The summed E-state index contributed by atoms with van der Waals surface area (Å²) in [6, 6.07) is 5.84. The highest BCUT2D eigenvalue weighted by Gasteiger charge is 2.05. The SMILES string of the molecule is NC(=O)Nc1ccc(C(=O)NCCCc2ncn[nH]2)cc1. The van der Waals surface area contributed by atoms with E-state index in [0.29, 0.717) is 17.8 Å². The molecule has 0 aliphatic carbocycles. The number of carbonyl (C=O) groups excluding carboxylic acids is 2. The number of aromatic nitrogens is 3. The van der Waals surface area contributed by atoms with E-state index in [9.17, 15) is 9.59 Å². The predicted molar refractivity (Wildman–Crippen MR) is 76.7 cm³/mol. The molecule has 0 bridgehead atoms. The molecular formula is C13H16N6O2. The van der Waals surface area contributed by atoms with Crippen molar-refractivity contribution in [3.8, 4) is 0 Å². The van der Waals surface area contributed by atoms with Crippen molar-refractivity contribution in [2.45, 2.75) is 12.8 Å². The van der Waals surface area contributed by atoms with Gasteiger partial charge < -0.3 is 16.4 Å². The minimum absolute atomic E-state index is 0.168. The fraction of sp³-hybridized carbons (Fsp3) is 0.231. The average Bonchev–Trinajstić information content (AvgIpc) is 2.97. The molecule has 3 amide bonds. The Balaban J connectivity index is 1.76. The number of nitrogens with one attached hydrogen (secondary N) is 3. The number of hydrogen-bond acceptors (Lipinski definition) is 4. The zero-order valence-electron chi connectivity index (χ0n) is 11.3. The number of nitrogens with zero attached hydrogens (tertiary/aromatic N) is 2. The summed E-state index contributed by atoms with van der Waals surface area (Å²) in [4.78, 5) is 26.6. The second kappa shape index (κ2) is 7.04. The minimum Gasteiger partial charge on any atom is -0.352 e. The number of anilines is 1. The number of aryl methyl sites for hydroxylation is 1. The maximum Gasteiger partial charge on any atom is 0.316 e. The highest BCUT2D eigenvalue weighted by molar-refractivity contribution is 5.95. The summed E-state index contributed by atoms with van der Waals surface area (Å²) in [5.74, 6) is 0.629. The Morgan fingerprint density at radius 3 is 2.62 bits per heavy atom. The number of H-pyrrole nitrogens is 1. The lowest BCUT2D eigenvalue weighted by molar-refractivity contribution is 0.0953. The fourth-order valence-corrected chi connectivity index (χ4v) is 1.76. The molecule has 2 aromatic rings. The first kappa shape index (κ1) is 14.5. The molecule has 0 atom stereocenters. The quantitative estimate of drug-likeness (QED) is 0.582. The third-order valence-electron chi connectivity index (χ3n) is 2.76. The zero-order valence-corrected chi connectivity index (χ0v) is 11.3. The van der Waals surface area contributed by atoms with E-state index < -0.39 is 6.03 Å². The van der Waals surface area contributed by atoms with Crippen LogP contribution >= 0.6 is 0 Å². The van der Waals surface area contributed by atoms with Crippen molar-refractivity contribution in [3.05, 3.63) is 42.0 Å². The van der Waals surface area contributed by atoms with Crippen LogP contribution in [0.15, 0.2) is 30.6 Å². The van der Waals surface area contributed by atoms with E-state index in [-0.39, 0.29) is 5.91 Å². The van der Waals surface area contributed by atoms with Gasteiger partial charge in [-0.2, -0.15) is 5.10 Å². The summed E-state index contributed by atoms with van der Waals surface area (Å²) in [5, 5.41) is 11.7. The molecule has 5 N–H and O–H groups in total. The van der Waals surface area contributed by atoms with Crippen LogP contribution in [0.25, 0.3) is 0 Å². The van der Waals surface area contributed by atoms with E-state index >= 15 is 0 Å². The van der Waals surface area contributed by atoms with E-state index in [2.05, 4.69) is 25.8 Å². The van der Waals surface area contributed by atoms with Crippen LogP contribution in [0.4, 0.5) is 10.5 Å². The maximum atomic E-state index is 11.9. The molecule has 0 saturated carbocycles. The number of amides is 3. The number of primary amides is 1. The monoisotopic (exact) mass is 288 g/mol. The standard InChI is InChI=1S/C13H16N6O2/c14-13(21)18-10-5-3-9(4-6-10)12(20)15-7-1-2-11-16-8-17-19-11/h3-6,8H,1-2,7H2,(H,15,20)(H3,14,18,21)(H,16,17,19). The Labute approximate surface area is 121 Å². The molecule has 0 spiro atoms. The number of aromatic amines is 1. The van der Waals surface area contributed by atoms with Gasteiger partial charge in [0.15, 0.2) is 0 Å². The van der Waals surface area contributed by atoms with E-state index in [1.165, 1.54) is 6.33 Å². The minimum atomic E-state index is -0.639. The van der Waals surface area contributed by atoms with Crippen molar-refractivity contribution in [2.24, 2.45) is 5.73 Å². The molecule has 0 fully saturated rings. The molecule has 21 heavy (non-hydrogen) atoms. The molecule has 8 nitrogen and oxygen atoms in total. The lowest BCUT2D eigenvalue weighted by atomic mass is 10.2. The topological polar surface area (TPSA) is 126 Å². The fourth-order valence-electron chi connectivity index (χ4n) is 1.76. The molecular weight excluding hydrogens is 272 g/mol. The predicted octanol–water partition coefficient (Wildman–Crippen LogP) is 0.658. The van der Waals surface area contributed by atoms with Crippen molar-refractivity contribution in [1.29, 1.82) is 0 Å².